The summed E-state index contributed by atoms with van der Waals surface area (Å²) in [5, 5.41) is 16.0. The molecule has 2 atom stereocenters. The van der Waals surface area contributed by atoms with Crippen molar-refractivity contribution in [2.75, 3.05) is 13.7 Å². The van der Waals surface area contributed by atoms with Gasteiger partial charge < -0.3 is 14.9 Å². The lowest BCUT2D eigenvalue weighted by Gasteiger charge is -2.22. The molecule has 1 fully saturated rings. The zero-order valence-corrected chi connectivity index (χ0v) is 6.58. The lowest BCUT2D eigenvalue weighted by atomic mass is 10.1. The predicted molar refractivity (Wildman–Crippen MR) is 38.8 cm³/mol. The van der Waals surface area contributed by atoms with Crippen LogP contribution in [0.25, 0.3) is 0 Å². The van der Waals surface area contributed by atoms with E-state index in [0.29, 0.717) is 0 Å². The maximum atomic E-state index is 9.00. The molecule has 10 heavy (non-hydrogen) atoms. The van der Waals surface area contributed by atoms with Crippen LogP contribution in [-0.2, 0) is 4.74 Å². The Morgan fingerprint density at radius 1 is 1.40 bits per heavy atom. The van der Waals surface area contributed by atoms with Crippen LogP contribution in [-0.4, -0.2) is 36.1 Å². The maximum absolute atomic E-state index is 9.00. The fraction of sp³-hybridized carbons (Fsp3) is 1.00. The van der Waals surface area contributed by atoms with E-state index in [1.54, 1.807) is 0 Å². The minimum Gasteiger partial charge on any atom is -0.400 e. The van der Waals surface area contributed by atoms with Crippen LogP contribution in [0.1, 0.15) is 19.8 Å². The molecule has 0 aliphatic carbocycles. The van der Waals surface area contributed by atoms with Crippen LogP contribution in [0.4, 0.5) is 0 Å². The molecule has 0 aromatic rings. The van der Waals surface area contributed by atoms with Crippen LogP contribution in [0.2, 0.25) is 0 Å². The van der Waals surface area contributed by atoms with Gasteiger partial charge in [0.05, 0.1) is 12.2 Å². The van der Waals surface area contributed by atoms with Gasteiger partial charge in [0, 0.05) is 13.7 Å². The largest absolute Gasteiger partial charge is 0.400 e. The van der Waals surface area contributed by atoms with Crippen molar-refractivity contribution in [1.29, 1.82) is 0 Å². The zero-order chi connectivity index (χ0) is 7.98. The average molecular weight is 148 g/mol. The van der Waals surface area contributed by atoms with Crippen molar-refractivity contribution in [3.8, 4) is 0 Å². The van der Waals surface area contributed by atoms with Crippen molar-refractivity contribution in [1.82, 2.24) is 0 Å². The molecule has 2 N–H and O–H groups in total. The van der Waals surface area contributed by atoms with Crippen LogP contribution in [0.15, 0.2) is 0 Å². The number of aliphatic hydroxyl groups is 2. The second-order valence-corrected chi connectivity index (χ2v) is 2.36. The monoisotopic (exact) mass is 148 g/mol. The van der Waals surface area contributed by atoms with Crippen LogP contribution in [0.5, 0.6) is 0 Å². The second-order valence-electron chi connectivity index (χ2n) is 2.36. The summed E-state index contributed by atoms with van der Waals surface area (Å²) in [7, 11) is 1.00. The topological polar surface area (TPSA) is 49.7 Å². The van der Waals surface area contributed by atoms with E-state index in [1.807, 2.05) is 6.92 Å². The summed E-state index contributed by atoms with van der Waals surface area (Å²) in [6.45, 7) is 2.71. The Morgan fingerprint density at radius 3 is 2.30 bits per heavy atom. The molecule has 1 aliphatic heterocycles. The summed E-state index contributed by atoms with van der Waals surface area (Å²) in [4.78, 5) is 0. The number of aliphatic hydroxyl groups excluding tert-OH is 2. The van der Waals surface area contributed by atoms with Crippen LogP contribution in [0, 0.1) is 0 Å². The van der Waals surface area contributed by atoms with Gasteiger partial charge in [-0.2, -0.15) is 0 Å². The second kappa shape index (κ2) is 5.65. The van der Waals surface area contributed by atoms with E-state index in [9.17, 15) is 0 Å². The molecule has 3 heteroatoms. The standard InChI is InChI=1S/C6H12O2.CH4O/c1-5-4-6(7)2-3-8-5;1-2/h5-7H,2-4H2,1H3;2H,1H3. The molecule has 0 radical (unpaired) electrons. The summed E-state index contributed by atoms with van der Waals surface area (Å²) >= 11 is 0. The molecule has 0 aromatic carbocycles. The first-order valence-corrected chi connectivity index (χ1v) is 3.53. The van der Waals surface area contributed by atoms with E-state index < -0.39 is 0 Å². The van der Waals surface area contributed by atoms with Gasteiger partial charge in [0.25, 0.3) is 0 Å². The highest BCUT2D eigenvalue weighted by molar-refractivity contribution is 4.65. The molecule has 0 bridgehead atoms. The van der Waals surface area contributed by atoms with Crippen LogP contribution < -0.4 is 0 Å². The van der Waals surface area contributed by atoms with Gasteiger partial charge in [-0.15, -0.1) is 0 Å². The quantitative estimate of drug-likeness (QED) is 0.514. The Morgan fingerprint density at radius 2 is 2.00 bits per heavy atom. The van der Waals surface area contributed by atoms with E-state index in [4.69, 9.17) is 14.9 Å². The van der Waals surface area contributed by atoms with Gasteiger partial charge in [-0.3, -0.25) is 0 Å². The van der Waals surface area contributed by atoms with E-state index >= 15 is 0 Å². The van der Waals surface area contributed by atoms with Gasteiger partial charge in [-0.1, -0.05) is 0 Å². The van der Waals surface area contributed by atoms with Gasteiger partial charge in [-0.05, 0) is 19.8 Å². The van der Waals surface area contributed by atoms with Gasteiger partial charge in [0.2, 0.25) is 0 Å². The molecule has 1 aliphatic rings. The summed E-state index contributed by atoms with van der Waals surface area (Å²) < 4.78 is 5.19. The van der Waals surface area contributed by atoms with E-state index in [-0.39, 0.29) is 12.2 Å². The van der Waals surface area contributed by atoms with Gasteiger partial charge in [0.15, 0.2) is 0 Å². The van der Waals surface area contributed by atoms with Crippen molar-refractivity contribution in [2.24, 2.45) is 0 Å². The Labute approximate surface area is 61.6 Å². The fourth-order valence-corrected chi connectivity index (χ4v) is 0.974. The summed E-state index contributed by atoms with van der Waals surface area (Å²) in [5.74, 6) is 0. The first-order valence-electron chi connectivity index (χ1n) is 3.53. The molecule has 1 saturated heterocycles. The first kappa shape index (κ1) is 9.88. The molecule has 2 unspecified atom stereocenters. The third-order valence-corrected chi connectivity index (χ3v) is 1.46. The predicted octanol–water partition coefficient (Wildman–Crippen LogP) is 0.155. The molecule has 0 saturated carbocycles. The molecule has 0 spiro atoms. The SMILES string of the molecule is CC1CC(O)CCO1.CO. The number of hydrogen-bond acceptors (Lipinski definition) is 3. The molecule has 3 nitrogen and oxygen atoms in total. The number of rotatable bonds is 0. The van der Waals surface area contributed by atoms with E-state index in [2.05, 4.69) is 0 Å². The molecular weight excluding hydrogens is 132 g/mol. The van der Waals surface area contributed by atoms with Crippen molar-refractivity contribution in [2.45, 2.75) is 32.0 Å². The van der Waals surface area contributed by atoms with E-state index in [1.165, 1.54) is 0 Å². The van der Waals surface area contributed by atoms with Gasteiger partial charge in [0.1, 0.15) is 0 Å². The fourth-order valence-electron chi connectivity index (χ4n) is 0.974. The van der Waals surface area contributed by atoms with E-state index in [0.717, 1.165) is 26.6 Å². The zero-order valence-electron chi connectivity index (χ0n) is 6.58. The Bertz CT molecular complexity index is 67.3. The van der Waals surface area contributed by atoms with Crippen molar-refractivity contribution in [3.63, 3.8) is 0 Å². The third kappa shape index (κ3) is 3.82. The van der Waals surface area contributed by atoms with Crippen molar-refractivity contribution < 1.29 is 14.9 Å². The molecule has 1 rings (SSSR count). The highest BCUT2D eigenvalue weighted by Crippen LogP contribution is 2.11. The lowest BCUT2D eigenvalue weighted by Crippen LogP contribution is -2.26. The van der Waals surface area contributed by atoms with Crippen molar-refractivity contribution >= 4 is 0 Å². The number of hydrogen-bond donors (Lipinski definition) is 2. The first-order chi connectivity index (χ1) is 4.79. The maximum Gasteiger partial charge on any atom is 0.0586 e. The Hall–Kier alpha value is -0.120. The van der Waals surface area contributed by atoms with Gasteiger partial charge >= 0.3 is 0 Å². The smallest absolute Gasteiger partial charge is 0.0586 e. The van der Waals surface area contributed by atoms with Crippen LogP contribution >= 0.6 is 0 Å². The summed E-state index contributed by atoms with van der Waals surface area (Å²) in [6, 6.07) is 0. The Kier molecular flexibility index (Phi) is 5.58. The van der Waals surface area contributed by atoms with Crippen molar-refractivity contribution in [3.05, 3.63) is 0 Å². The third-order valence-electron chi connectivity index (χ3n) is 1.46. The highest BCUT2D eigenvalue weighted by Gasteiger charge is 2.15. The minimum atomic E-state index is -0.112. The normalized spacial score (nSPS) is 32.4. The number of ether oxygens (including phenoxy) is 1. The molecule has 62 valence electrons. The Balaban J connectivity index is 0.000000371. The molecule has 0 aromatic heterocycles. The minimum absolute atomic E-state index is 0.112. The molecule has 0 amide bonds. The van der Waals surface area contributed by atoms with Gasteiger partial charge in [-0.25, -0.2) is 0 Å². The summed E-state index contributed by atoms with van der Waals surface area (Å²) in [6.07, 6.45) is 1.77. The average Bonchev–Trinajstić information content (AvgIpc) is 1.91. The molecular formula is C7H16O3. The van der Waals surface area contributed by atoms with Crippen LogP contribution in [0.3, 0.4) is 0 Å². The molecule has 1 heterocycles. The lowest BCUT2D eigenvalue weighted by molar-refractivity contribution is -0.0340. The summed E-state index contributed by atoms with van der Waals surface area (Å²) in [5.41, 5.74) is 0. The highest BCUT2D eigenvalue weighted by atomic mass is 16.5.